The minimum atomic E-state index is -0.676. The van der Waals surface area contributed by atoms with Crippen LogP contribution in [0.4, 0.5) is 0 Å². The number of hydrogen-bond acceptors (Lipinski definition) is 2. The van der Waals surface area contributed by atoms with Crippen molar-refractivity contribution in [1.82, 2.24) is 0 Å². The van der Waals surface area contributed by atoms with Gasteiger partial charge in [-0.15, -0.1) is 11.3 Å². The second kappa shape index (κ2) is 2.36. The van der Waals surface area contributed by atoms with Gasteiger partial charge < -0.3 is 5.11 Å². The molecule has 2 heteroatoms. The second-order valence-corrected chi connectivity index (χ2v) is 4.12. The minimum absolute atomic E-state index is 0.676. The molecule has 0 bridgehead atoms. The molecule has 0 aliphatic heterocycles. The van der Waals surface area contributed by atoms with E-state index in [0.29, 0.717) is 0 Å². The molecule has 0 amide bonds. The van der Waals surface area contributed by atoms with Gasteiger partial charge >= 0.3 is 0 Å². The van der Waals surface area contributed by atoms with Crippen LogP contribution in [0.2, 0.25) is 0 Å². The van der Waals surface area contributed by atoms with E-state index in [-0.39, 0.29) is 0 Å². The summed E-state index contributed by atoms with van der Waals surface area (Å²) in [7, 11) is 0. The fourth-order valence-electron chi connectivity index (χ4n) is 0.764. The Morgan fingerprint density at radius 1 is 1.50 bits per heavy atom. The average molecular weight is 156 g/mol. The molecular formula is C8H12OS. The molecule has 0 saturated heterocycles. The van der Waals surface area contributed by atoms with E-state index in [2.05, 4.69) is 0 Å². The third-order valence-electron chi connectivity index (χ3n) is 1.44. The third kappa shape index (κ3) is 1.58. The molecule has 1 heterocycles. The van der Waals surface area contributed by atoms with Gasteiger partial charge in [0.2, 0.25) is 0 Å². The Hall–Kier alpha value is -0.340. The minimum Gasteiger partial charge on any atom is -0.386 e. The van der Waals surface area contributed by atoms with Gasteiger partial charge in [-0.2, -0.15) is 0 Å². The Bertz CT molecular complexity index is 219. The molecule has 1 N–H and O–H groups in total. The quantitative estimate of drug-likeness (QED) is 0.661. The molecule has 1 rings (SSSR count). The van der Waals surface area contributed by atoms with Crippen molar-refractivity contribution in [1.29, 1.82) is 0 Å². The van der Waals surface area contributed by atoms with E-state index in [1.165, 1.54) is 4.88 Å². The van der Waals surface area contributed by atoms with Crippen LogP contribution in [0, 0.1) is 6.92 Å². The molecule has 0 aromatic carbocycles. The van der Waals surface area contributed by atoms with Crippen LogP contribution in [-0.4, -0.2) is 5.11 Å². The van der Waals surface area contributed by atoms with Gasteiger partial charge in [-0.05, 0) is 37.8 Å². The van der Waals surface area contributed by atoms with Gasteiger partial charge in [-0.1, -0.05) is 0 Å². The Morgan fingerprint density at radius 2 is 2.10 bits per heavy atom. The summed E-state index contributed by atoms with van der Waals surface area (Å²) in [5.74, 6) is 0. The van der Waals surface area contributed by atoms with Crippen molar-refractivity contribution in [2.75, 3.05) is 0 Å². The Kier molecular flexibility index (Phi) is 1.84. The van der Waals surface area contributed by atoms with Crippen LogP contribution in [0.25, 0.3) is 0 Å². The highest BCUT2D eigenvalue weighted by Gasteiger charge is 2.16. The van der Waals surface area contributed by atoms with Crippen LogP contribution >= 0.6 is 11.3 Å². The van der Waals surface area contributed by atoms with Crippen LogP contribution in [0.15, 0.2) is 11.4 Å². The normalized spacial score (nSPS) is 12.0. The number of aryl methyl sites for hydroxylation is 1. The predicted octanol–water partition coefficient (Wildman–Crippen LogP) is 2.28. The lowest BCUT2D eigenvalue weighted by atomic mass is 10.0. The Morgan fingerprint density at radius 3 is 2.30 bits per heavy atom. The van der Waals surface area contributed by atoms with E-state index in [9.17, 15) is 5.11 Å². The standard InChI is InChI=1S/C8H12OS/c1-6-4-7(5-10-6)8(2,3)9/h4-5,9H,1-3H3. The summed E-state index contributed by atoms with van der Waals surface area (Å²) in [6.45, 7) is 5.64. The first-order valence-corrected chi connectivity index (χ1v) is 4.16. The highest BCUT2D eigenvalue weighted by molar-refractivity contribution is 7.10. The number of thiophene rings is 1. The molecule has 0 atom stereocenters. The Balaban J connectivity index is 2.96. The Labute approximate surface area is 65.3 Å². The summed E-state index contributed by atoms with van der Waals surface area (Å²) in [6, 6.07) is 2.02. The van der Waals surface area contributed by atoms with Crippen molar-refractivity contribution in [3.8, 4) is 0 Å². The molecule has 1 aromatic heterocycles. The van der Waals surface area contributed by atoms with E-state index < -0.39 is 5.60 Å². The fraction of sp³-hybridized carbons (Fsp3) is 0.500. The van der Waals surface area contributed by atoms with E-state index in [0.717, 1.165) is 5.56 Å². The highest BCUT2D eigenvalue weighted by atomic mass is 32.1. The molecule has 0 fully saturated rings. The summed E-state index contributed by atoms with van der Waals surface area (Å²) in [6.07, 6.45) is 0. The van der Waals surface area contributed by atoms with Gasteiger partial charge in [0.15, 0.2) is 0 Å². The van der Waals surface area contributed by atoms with Gasteiger partial charge in [0.25, 0.3) is 0 Å². The largest absolute Gasteiger partial charge is 0.386 e. The van der Waals surface area contributed by atoms with Crippen LogP contribution in [0.1, 0.15) is 24.3 Å². The highest BCUT2D eigenvalue weighted by Crippen LogP contribution is 2.24. The molecule has 1 aromatic rings. The van der Waals surface area contributed by atoms with Crippen LogP contribution in [-0.2, 0) is 5.60 Å². The second-order valence-electron chi connectivity index (χ2n) is 3.01. The zero-order valence-electron chi connectivity index (χ0n) is 6.51. The molecule has 0 spiro atoms. The zero-order chi connectivity index (χ0) is 7.78. The summed E-state index contributed by atoms with van der Waals surface area (Å²) in [5, 5.41) is 11.5. The molecule has 0 saturated carbocycles. The molecule has 1 nitrogen and oxygen atoms in total. The van der Waals surface area contributed by atoms with Crippen LogP contribution in [0.3, 0.4) is 0 Å². The molecule has 0 unspecified atom stereocenters. The van der Waals surface area contributed by atoms with Crippen molar-refractivity contribution >= 4 is 11.3 Å². The van der Waals surface area contributed by atoms with Gasteiger partial charge in [0, 0.05) is 4.88 Å². The maximum absolute atomic E-state index is 9.51. The maximum Gasteiger partial charge on any atom is 0.0848 e. The first kappa shape index (κ1) is 7.76. The fourth-order valence-corrected chi connectivity index (χ4v) is 1.63. The average Bonchev–Trinajstić information content (AvgIpc) is 2.11. The van der Waals surface area contributed by atoms with Crippen molar-refractivity contribution in [2.45, 2.75) is 26.4 Å². The van der Waals surface area contributed by atoms with Gasteiger partial charge in [-0.3, -0.25) is 0 Å². The lowest BCUT2D eigenvalue weighted by Gasteiger charge is -2.14. The monoisotopic (exact) mass is 156 g/mol. The lowest BCUT2D eigenvalue weighted by Crippen LogP contribution is -2.13. The van der Waals surface area contributed by atoms with Crippen molar-refractivity contribution in [3.63, 3.8) is 0 Å². The van der Waals surface area contributed by atoms with Crippen LogP contribution in [0.5, 0.6) is 0 Å². The molecule has 10 heavy (non-hydrogen) atoms. The van der Waals surface area contributed by atoms with Gasteiger partial charge in [0.05, 0.1) is 5.60 Å². The van der Waals surface area contributed by atoms with Crippen molar-refractivity contribution in [2.24, 2.45) is 0 Å². The summed E-state index contributed by atoms with van der Waals surface area (Å²) in [5.41, 5.74) is 0.333. The maximum atomic E-state index is 9.51. The van der Waals surface area contributed by atoms with E-state index in [1.54, 1.807) is 25.2 Å². The third-order valence-corrected chi connectivity index (χ3v) is 2.30. The molecule has 0 aliphatic rings. The first-order chi connectivity index (χ1) is 4.50. The smallest absolute Gasteiger partial charge is 0.0848 e. The number of rotatable bonds is 1. The SMILES string of the molecule is Cc1cc(C(C)(C)O)cs1. The molecular weight excluding hydrogens is 144 g/mol. The number of aliphatic hydroxyl groups is 1. The van der Waals surface area contributed by atoms with E-state index in [1.807, 2.05) is 18.4 Å². The summed E-state index contributed by atoms with van der Waals surface area (Å²) in [4.78, 5) is 1.25. The van der Waals surface area contributed by atoms with E-state index in [4.69, 9.17) is 0 Å². The molecule has 0 radical (unpaired) electrons. The van der Waals surface area contributed by atoms with E-state index >= 15 is 0 Å². The van der Waals surface area contributed by atoms with Crippen molar-refractivity contribution < 1.29 is 5.11 Å². The van der Waals surface area contributed by atoms with Crippen LogP contribution < -0.4 is 0 Å². The van der Waals surface area contributed by atoms with Crippen molar-refractivity contribution in [3.05, 3.63) is 21.9 Å². The zero-order valence-corrected chi connectivity index (χ0v) is 7.33. The molecule has 56 valence electrons. The number of hydrogen-bond donors (Lipinski definition) is 1. The topological polar surface area (TPSA) is 20.2 Å². The lowest BCUT2D eigenvalue weighted by molar-refractivity contribution is 0.0790. The summed E-state index contributed by atoms with van der Waals surface area (Å²) < 4.78 is 0. The summed E-state index contributed by atoms with van der Waals surface area (Å²) >= 11 is 1.67. The predicted molar refractivity (Wildman–Crippen MR) is 44.3 cm³/mol. The molecule has 0 aliphatic carbocycles. The van der Waals surface area contributed by atoms with Gasteiger partial charge in [-0.25, -0.2) is 0 Å². The van der Waals surface area contributed by atoms with Gasteiger partial charge in [0.1, 0.15) is 0 Å². The first-order valence-electron chi connectivity index (χ1n) is 3.28.